The first kappa shape index (κ1) is 12.8. The van der Waals surface area contributed by atoms with Crippen LogP contribution in [0, 0.1) is 6.92 Å². The Morgan fingerprint density at radius 2 is 1.89 bits per heavy atom. The Balaban J connectivity index is 2.24. The maximum atomic E-state index is 9.81. The molecular weight excluding hydrogens is 246 g/mol. The third-order valence-corrected chi connectivity index (χ3v) is 3.23. The van der Waals surface area contributed by atoms with Gasteiger partial charge in [0.1, 0.15) is 5.75 Å². The molecule has 94 valence electrons. The van der Waals surface area contributed by atoms with Crippen molar-refractivity contribution in [2.24, 2.45) is 0 Å². The van der Waals surface area contributed by atoms with E-state index in [4.69, 9.17) is 11.6 Å². The Morgan fingerprint density at radius 3 is 2.61 bits per heavy atom. The number of hydrogen-bond donors (Lipinski definition) is 2. The van der Waals surface area contributed by atoms with E-state index in [1.54, 1.807) is 6.07 Å². The first-order valence-corrected chi connectivity index (χ1v) is 6.26. The predicted octanol–water partition coefficient (Wildman–Crippen LogP) is 4.53. The van der Waals surface area contributed by atoms with Gasteiger partial charge < -0.3 is 10.4 Å². The molecule has 0 aromatic heterocycles. The Labute approximate surface area is 112 Å². The van der Waals surface area contributed by atoms with E-state index in [1.165, 1.54) is 0 Å². The average molecular weight is 262 g/mol. The van der Waals surface area contributed by atoms with Crippen LogP contribution >= 0.6 is 11.6 Å². The first-order chi connectivity index (χ1) is 8.58. The van der Waals surface area contributed by atoms with Crippen molar-refractivity contribution in [1.29, 1.82) is 0 Å². The maximum absolute atomic E-state index is 9.81. The van der Waals surface area contributed by atoms with Crippen LogP contribution in [0.5, 0.6) is 5.75 Å². The van der Waals surface area contributed by atoms with Gasteiger partial charge in [0.15, 0.2) is 0 Å². The standard InChI is InChI=1S/C15H16ClNO/c1-10-7-8-13(16)14(9-10)17-11(2)12-5-3-4-6-15(12)18/h3-9,11,17-18H,1-2H3. The fourth-order valence-corrected chi connectivity index (χ4v) is 2.09. The van der Waals surface area contributed by atoms with Gasteiger partial charge in [0.05, 0.1) is 16.8 Å². The van der Waals surface area contributed by atoms with E-state index in [9.17, 15) is 5.11 Å². The van der Waals surface area contributed by atoms with Crippen molar-refractivity contribution in [1.82, 2.24) is 0 Å². The number of aromatic hydroxyl groups is 1. The van der Waals surface area contributed by atoms with Crippen LogP contribution < -0.4 is 5.32 Å². The van der Waals surface area contributed by atoms with Crippen molar-refractivity contribution in [3.63, 3.8) is 0 Å². The molecule has 2 N–H and O–H groups in total. The van der Waals surface area contributed by atoms with Gasteiger partial charge in [-0.2, -0.15) is 0 Å². The Hall–Kier alpha value is -1.67. The smallest absolute Gasteiger partial charge is 0.120 e. The predicted molar refractivity (Wildman–Crippen MR) is 76.3 cm³/mol. The summed E-state index contributed by atoms with van der Waals surface area (Å²) in [5, 5.41) is 13.8. The van der Waals surface area contributed by atoms with Crippen molar-refractivity contribution in [3.05, 3.63) is 58.6 Å². The van der Waals surface area contributed by atoms with Gasteiger partial charge in [-0.3, -0.25) is 0 Å². The molecule has 0 saturated carbocycles. The van der Waals surface area contributed by atoms with E-state index in [0.29, 0.717) is 10.8 Å². The number of phenolic OH excluding ortho intramolecular Hbond substituents is 1. The zero-order valence-corrected chi connectivity index (χ0v) is 11.2. The third kappa shape index (κ3) is 2.77. The number of aryl methyl sites for hydroxylation is 1. The average Bonchev–Trinajstić information content (AvgIpc) is 2.34. The molecule has 0 aliphatic carbocycles. The molecular formula is C15H16ClNO. The summed E-state index contributed by atoms with van der Waals surface area (Å²) in [5.74, 6) is 0.293. The number of hydrogen-bond acceptors (Lipinski definition) is 2. The van der Waals surface area contributed by atoms with E-state index in [1.807, 2.05) is 50.2 Å². The normalized spacial score (nSPS) is 12.2. The second-order valence-electron chi connectivity index (χ2n) is 4.41. The molecule has 0 spiro atoms. The summed E-state index contributed by atoms with van der Waals surface area (Å²) in [6.45, 7) is 4.01. The Bertz CT molecular complexity index is 554. The Kier molecular flexibility index (Phi) is 3.78. The van der Waals surface area contributed by atoms with Crippen LogP contribution in [-0.2, 0) is 0 Å². The zero-order chi connectivity index (χ0) is 13.1. The van der Waals surface area contributed by atoms with Gasteiger partial charge in [0.25, 0.3) is 0 Å². The molecule has 1 atom stereocenters. The lowest BCUT2D eigenvalue weighted by atomic mass is 10.1. The highest BCUT2D eigenvalue weighted by Gasteiger charge is 2.11. The molecule has 18 heavy (non-hydrogen) atoms. The summed E-state index contributed by atoms with van der Waals surface area (Å²) in [7, 11) is 0. The molecule has 2 rings (SSSR count). The molecule has 1 unspecified atom stereocenters. The van der Waals surface area contributed by atoms with Crippen LogP contribution in [0.3, 0.4) is 0 Å². The van der Waals surface area contributed by atoms with E-state index in [-0.39, 0.29) is 6.04 Å². The molecule has 2 aromatic rings. The van der Waals surface area contributed by atoms with E-state index >= 15 is 0 Å². The second-order valence-corrected chi connectivity index (χ2v) is 4.82. The fraction of sp³-hybridized carbons (Fsp3) is 0.200. The highest BCUT2D eigenvalue weighted by molar-refractivity contribution is 6.33. The molecule has 0 radical (unpaired) electrons. The number of anilines is 1. The topological polar surface area (TPSA) is 32.3 Å². The molecule has 0 heterocycles. The lowest BCUT2D eigenvalue weighted by Crippen LogP contribution is -2.07. The van der Waals surface area contributed by atoms with Crippen molar-refractivity contribution in [3.8, 4) is 5.75 Å². The first-order valence-electron chi connectivity index (χ1n) is 5.88. The lowest BCUT2D eigenvalue weighted by molar-refractivity contribution is 0.465. The van der Waals surface area contributed by atoms with E-state index in [2.05, 4.69) is 5.32 Å². The van der Waals surface area contributed by atoms with Gasteiger partial charge in [-0.1, -0.05) is 35.9 Å². The molecule has 0 saturated heterocycles. The van der Waals surface area contributed by atoms with Crippen LogP contribution in [0.4, 0.5) is 5.69 Å². The minimum atomic E-state index is -0.00880. The summed E-state index contributed by atoms with van der Waals surface area (Å²) in [6.07, 6.45) is 0. The molecule has 0 amide bonds. The molecule has 3 heteroatoms. The van der Waals surface area contributed by atoms with Crippen LogP contribution in [0.15, 0.2) is 42.5 Å². The van der Waals surface area contributed by atoms with Gasteiger partial charge in [-0.15, -0.1) is 0 Å². The van der Waals surface area contributed by atoms with Crippen molar-refractivity contribution in [2.45, 2.75) is 19.9 Å². The van der Waals surface area contributed by atoms with E-state index < -0.39 is 0 Å². The molecule has 0 aliphatic heterocycles. The zero-order valence-electron chi connectivity index (χ0n) is 10.4. The van der Waals surface area contributed by atoms with Gasteiger partial charge >= 0.3 is 0 Å². The van der Waals surface area contributed by atoms with Crippen LogP contribution in [0.2, 0.25) is 5.02 Å². The summed E-state index contributed by atoms with van der Waals surface area (Å²) in [6, 6.07) is 13.1. The van der Waals surface area contributed by atoms with Crippen molar-refractivity contribution >= 4 is 17.3 Å². The minimum absolute atomic E-state index is 0.00880. The number of phenols is 1. The summed E-state index contributed by atoms with van der Waals surface area (Å²) in [4.78, 5) is 0. The number of para-hydroxylation sites is 1. The molecule has 0 bridgehead atoms. The minimum Gasteiger partial charge on any atom is -0.508 e. The van der Waals surface area contributed by atoms with Gasteiger partial charge in [-0.05, 0) is 37.6 Å². The third-order valence-electron chi connectivity index (χ3n) is 2.90. The second kappa shape index (κ2) is 5.32. The van der Waals surface area contributed by atoms with Gasteiger partial charge in [0, 0.05) is 5.56 Å². The lowest BCUT2D eigenvalue weighted by Gasteiger charge is -2.18. The highest BCUT2D eigenvalue weighted by Crippen LogP contribution is 2.30. The summed E-state index contributed by atoms with van der Waals surface area (Å²) >= 11 is 6.14. The monoisotopic (exact) mass is 261 g/mol. The van der Waals surface area contributed by atoms with Gasteiger partial charge in [-0.25, -0.2) is 0 Å². The number of benzene rings is 2. The molecule has 0 fully saturated rings. The van der Waals surface area contributed by atoms with Crippen molar-refractivity contribution < 1.29 is 5.11 Å². The summed E-state index contributed by atoms with van der Waals surface area (Å²) in [5.41, 5.74) is 2.88. The number of halogens is 1. The highest BCUT2D eigenvalue weighted by atomic mass is 35.5. The van der Waals surface area contributed by atoms with Crippen LogP contribution in [0.25, 0.3) is 0 Å². The van der Waals surface area contributed by atoms with Crippen molar-refractivity contribution in [2.75, 3.05) is 5.32 Å². The van der Waals surface area contributed by atoms with Gasteiger partial charge in [0.2, 0.25) is 0 Å². The fourth-order valence-electron chi connectivity index (χ4n) is 1.91. The number of nitrogens with one attached hydrogen (secondary N) is 1. The number of rotatable bonds is 3. The maximum Gasteiger partial charge on any atom is 0.120 e. The Morgan fingerprint density at radius 1 is 1.17 bits per heavy atom. The molecule has 0 aliphatic rings. The quantitative estimate of drug-likeness (QED) is 0.851. The largest absolute Gasteiger partial charge is 0.508 e. The van der Waals surface area contributed by atoms with Crippen LogP contribution in [-0.4, -0.2) is 5.11 Å². The SMILES string of the molecule is Cc1ccc(Cl)c(NC(C)c2ccccc2O)c1. The molecule has 2 nitrogen and oxygen atoms in total. The summed E-state index contributed by atoms with van der Waals surface area (Å²) < 4.78 is 0. The van der Waals surface area contributed by atoms with Crippen LogP contribution in [0.1, 0.15) is 24.1 Å². The molecule has 2 aromatic carbocycles. The van der Waals surface area contributed by atoms with E-state index in [0.717, 1.165) is 16.8 Å².